The first-order valence-electron chi connectivity index (χ1n) is 7.24. The first-order chi connectivity index (χ1) is 11.9. The lowest BCUT2D eigenvalue weighted by Gasteiger charge is -1.92. The van der Waals surface area contributed by atoms with Crippen molar-refractivity contribution in [3.63, 3.8) is 0 Å². The van der Waals surface area contributed by atoms with E-state index in [1.54, 1.807) is 59.9 Å². The minimum Gasteiger partial charge on any atom is -0.261 e. The van der Waals surface area contributed by atoms with E-state index in [4.69, 9.17) is 4.98 Å². The molecular weight excluding hydrogens is 338 g/mol. The van der Waals surface area contributed by atoms with E-state index in [9.17, 15) is 0 Å². The fourth-order valence-electron chi connectivity index (χ4n) is 2.53. The zero-order chi connectivity index (χ0) is 15.9. The van der Waals surface area contributed by atoms with Crippen LogP contribution in [0.4, 0.5) is 0 Å². The Balaban J connectivity index is 1.65. The van der Waals surface area contributed by atoms with E-state index in [0.29, 0.717) is 0 Å². The van der Waals surface area contributed by atoms with Crippen molar-refractivity contribution in [2.45, 2.75) is 0 Å². The normalized spacial score (nSPS) is 11.3. The molecule has 5 rings (SSSR count). The highest BCUT2D eigenvalue weighted by Gasteiger charge is 2.11. The van der Waals surface area contributed by atoms with Gasteiger partial charge in [-0.2, -0.15) is 0 Å². The highest BCUT2D eigenvalue weighted by molar-refractivity contribution is 7.24. The standard InChI is InChI=1S/C17H9N5S2/c1-3-20-12(8-18-1)14-5-10-16(23-14)7-17-11(22-10)6-15(24-17)13-9-19-2-4-21-13/h1-9H. The monoisotopic (exact) mass is 347 g/mol. The van der Waals surface area contributed by atoms with Gasteiger partial charge < -0.3 is 0 Å². The summed E-state index contributed by atoms with van der Waals surface area (Å²) in [5, 5.41) is 0. The summed E-state index contributed by atoms with van der Waals surface area (Å²) in [6.07, 6.45) is 10.3. The molecule has 0 radical (unpaired) electrons. The van der Waals surface area contributed by atoms with Crippen LogP contribution in [0.2, 0.25) is 0 Å². The van der Waals surface area contributed by atoms with E-state index >= 15 is 0 Å². The highest BCUT2D eigenvalue weighted by Crippen LogP contribution is 2.37. The van der Waals surface area contributed by atoms with Crippen LogP contribution in [-0.2, 0) is 0 Å². The molecule has 5 nitrogen and oxygen atoms in total. The van der Waals surface area contributed by atoms with Crippen molar-refractivity contribution in [3.05, 3.63) is 55.4 Å². The van der Waals surface area contributed by atoms with Gasteiger partial charge in [-0.1, -0.05) is 0 Å². The van der Waals surface area contributed by atoms with Crippen LogP contribution in [0.1, 0.15) is 0 Å². The lowest BCUT2D eigenvalue weighted by molar-refractivity contribution is 1.21. The Morgan fingerprint density at radius 1 is 0.625 bits per heavy atom. The Kier molecular flexibility index (Phi) is 3.07. The molecule has 0 N–H and O–H groups in total. The Labute approximate surface area is 144 Å². The van der Waals surface area contributed by atoms with Gasteiger partial charge >= 0.3 is 0 Å². The van der Waals surface area contributed by atoms with Crippen LogP contribution < -0.4 is 0 Å². The van der Waals surface area contributed by atoms with Gasteiger partial charge in [0.25, 0.3) is 0 Å². The number of nitrogens with zero attached hydrogens (tertiary/aromatic N) is 5. The zero-order valence-electron chi connectivity index (χ0n) is 12.2. The number of hydrogen-bond donors (Lipinski definition) is 0. The van der Waals surface area contributed by atoms with Crippen LogP contribution in [0.15, 0.2) is 55.4 Å². The number of fused-ring (bicyclic) bond motifs is 2. The molecule has 7 heteroatoms. The first kappa shape index (κ1) is 13.6. The van der Waals surface area contributed by atoms with Crippen LogP contribution in [0.3, 0.4) is 0 Å². The van der Waals surface area contributed by atoms with Crippen LogP contribution in [-0.4, -0.2) is 24.9 Å². The van der Waals surface area contributed by atoms with Crippen molar-refractivity contribution < 1.29 is 0 Å². The summed E-state index contributed by atoms with van der Waals surface area (Å²) in [6.45, 7) is 0. The van der Waals surface area contributed by atoms with E-state index in [1.165, 1.54) is 0 Å². The maximum absolute atomic E-state index is 4.79. The van der Waals surface area contributed by atoms with Gasteiger partial charge in [-0.3, -0.25) is 19.9 Å². The number of rotatable bonds is 2. The Morgan fingerprint density at radius 2 is 1.17 bits per heavy atom. The summed E-state index contributed by atoms with van der Waals surface area (Å²) < 4.78 is 2.30. The van der Waals surface area contributed by atoms with Crippen LogP contribution in [0.5, 0.6) is 0 Å². The van der Waals surface area contributed by atoms with E-state index in [2.05, 4.69) is 38.1 Å². The summed E-state index contributed by atoms with van der Waals surface area (Å²) >= 11 is 3.37. The molecule has 0 saturated carbocycles. The summed E-state index contributed by atoms with van der Waals surface area (Å²) in [6, 6.07) is 6.33. The molecule has 0 spiro atoms. The topological polar surface area (TPSA) is 64.5 Å². The van der Waals surface area contributed by atoms with E-state index in [-0.39, 0.29) is 0 Å². The van der Waals surface area contributed by atoms with Gasteiger partial charge in [-0.05, 0) is 18.2 Å². The molecule has 0 aromatic carbocycles. The molecule has 5 heterocycles. The Hall–Kier alpha value is -2.77. The molecule has 5 aromatic heterocycles. The van der Waals surface area contributed by atoms with E-state index in [0.717, 1.165) is 41.6 Å². The maximum atomic E-state index is 4.79. The molecule has 0 aliphatic heterocycles. The molecule has 5 aromatic rings. The molecule has 24 heavy (non-hydrogen) atoms. The Bertz CT molecular complexity index is 1010. The molecule has 0 atom stereocenters. The van der Waals surface area contributed by atoms with Gasteiger partial charge in [0.15, 0.2) is 0 Å². The van der Waals surface area contributed by atoms with Gasteiger partial charge in [-0.15, -0.1) is 22.7 Å². The van der Waals surface area contributed by atoms with Crippen molar-refractivity contribution in [3.8, 4) is 21.1 Å². The van der Waals surface area contributed by atoms with Crippen LogP contribution >= 0.6 is 22.7 Å². The molecular formula is C17H9N5S2. The lowest BCUT2D eigenvalue weighted by Crippen LogP contribution is -1.79. The fourth-order valence-corrected chi connectivity index (χ4v) is 4.61. The summed E-state index contributed by atoms with van der Waals surface area (Å²) in [4.78, 5) is 24.0. The minimum atomic E-state index is 0.879. The molecule has 0 amide bonds. The van der Waals surface area contributed by atoms with Gasteiger partial charge in [-0.25, -0.2) is 4.98 Å². The third-order valence-corrected chi connectivity index (χ3v) is 5.80. The van der Waals surface area contributed by atoms with E-state index in [1.807, 2.05) is 0 Å². The number of pyridine rings is 1. The molecule has 0 unspecified atom stereocenters. The average molecular weight is 347 g/mol. The minimum absolute atomic E-state index is 0.879. The average Bonchev–Trinajstić information content (AvgIpc) is 3.24. The van der Waals surface area contributed by atoms with Crippen molar-refractivity contribution in [1.29, 1.82) is 0 Å². The second-order valence-corrected chi connectivity index (χ2v) is 7.33. The zero-order valence-corrected chi connectivity index (χ0v) is 13.9. The molecule has 0 aliphatic carbocycles. The third kappa shape index (κ3) is 2.26. The van der Waals surface area contributed by atoms with Gasteiger partial charge in [0.05, 0.1) is 54.0 Å². The molecule has 0 saturated heterocycles. The maximum Gasteiger partial charge on any atom is 0.0985 e. The van der Waals surface area contributed by atoms with Crippen LogP contribution in [0.25, 0.3) is 41.6 Å². The SMILES string of the molecule is c1cnc(-c2cc3nc4cc(-c5cnccn5)sc4cc3s2)cn1. The second kappa shape index (κ2) is 5.40. The predicted molar refractivity (Wildman–Crippen MR) is 97.1 cm³/mol. The molecule has 0 aliphatic rings. The highest BCUT2D eigenvalue weighted by atomic mass is 32.1. The summed E-state index contributed by atoms with van der Waals surface area (Å²) in [5.41, 5.74) is 3.72. The predicted octanol–water partition coefficient (Wildman–Crippen LogP) is 4.43. The largest absolute Gasteiger partial charge is 0.261 e. The summed E-state index contributed by atoms with van der Waals surface area (Å²) in [5.74, 6) is 0. The quantitative estimate of drug-likeness (QED) is 0.473. The molecule has 0 bridgehead atoms. The van der Waals surface area contributed by atoms with Crippen molar-refractivity contribution >= 4 is 43.1 Å². The number of hydrogen-bond acceptors (Lipinski definition) is 7. The smallest absolute Gasteiger partial charge is 0.0985 e. The second-order valence-electron chi connectivity index (χ2n) is 5.16. The van der Waals surface area contributed by atoms with Crippen LogP contribution in [0, 0.1) is 0 Å². The molecule has 114 valence electrons. The number of thiophene rings is 2. The van der Waals surface area contributed by atoms with Crippen molar-refractivity contribution in [2.24, 2.45) is 0 Å². The summed E-state index contributed by atoms with van der Waals surface area (Å²) in [7, 11) is 0. The van der Waals surface area contributed by atoms with Gasteiger partial charge in [0.2, 0.25) is 0 Å². The first-order valence-corrected chi connectivity index (χ1v) is 8.87. The van der Waals surface area contributed by atoms with E-state index < -0.39 is 0 Å². The Morgan fingerprint density at radius 3 is 1.62 bits per heavy atom. The fraction of sp³-hybridized carbons (Fsp3) is 0. The van der Waals surface area contributed by atoms with Gasteiger partial charge in [0.1, 0.15) is 0 Å². The molecule has 0 fully saturated rings. The number of aromatic nitrogens is 5. The third-order valence-electron chi connectivity index (χ3n) is 3.61. The van der Waals surface area contributed by atoms with Crippen molar-refractivity contribution in [2.75, 3.05) is 0 Å². The van der Waals surface area contributed by atoms with Crippen molar-refractivity contribution in [1.82, 2.24) is 24.9 Å². The lowest BCUT2D eigenvalue weighted by atomic mass is 10.3. The van der Waals surface area contributed by atoms with Gasteiger partial charge in [0, 0.05) is 24.8 Å².